The van der Waals surface area contributed by atoms with Gasteiger partial charge >= 0.3 is 0 Å². The van der Waals surface area contributed by atoms with Gasteiger partial charge < -0.3 is 4.90 Å². The molecule has 0 aromatic heterocycles. The number of benzene rings is 1. The number of hydrogen-bond acceptors (Lipinski definition) is 3. The molecular formula is C14H16N2O3S. The van der Waals surface area contributed by atoms with Crippen LogP contribution in [0.2, 0.25) is 0 Å². The van der Waals surface area contributed by atoms with Crippen molar-refractivity contribution in [1.29, 1.82) is 0 Å². The molecule has 1 unspecified atom stereocenters. The van der Waals surface area contributed by atoms with Gasteiger partial charge in [-0.25, -0.2) is 4.21 Å². The summed E-state index contributed by atoms with van der Waals surface area (Å²) in [6.45, 7) is 3.16. The number of fused-ring (bicyclic) bond motifs is 1. The Morgan fingerprint density at radius 2 is 2.15 bits per heavy atom. The predicted octanol–water partition coefficient (Wildman–Crippen LogP) is 1.24. The fourth-order valence-electron chi connectivity index (χ4n) is 2.10. The Labute approximate surface area is 118 Å². The number of hydrogen-bond donors (Lipinski definition) is 0. The molecule has 6 heteroatoms. The summed E-state index contributed by atoms with van der Waals surface area (Å²) in [4.78, 5) is 25.0. The van der Waals surface area contributed by atoms with E-state index in [0.717, 1.165) is 11.6 Å². The van der Waals surface area contributed by atoms with E-state index in [4.69, 9.17) is 0 Å². The molecule has 0 N–H and O–H groups in total. The topological polar surface area (TPSA) is 66.8 Å². The van der Waals surface area contributed by atoms with Gasteiger partial charge in [-0.3, -0.25) is 9.59 Å². The molecule has 0 bridgehead atoms. The molecule has 1 atom stereocenters. The Morgan fingerprint density at radius 3 is 2.85 bits per heavy atom. The van der Waals surface area contributed by atoms with Crippen molar-refractivity contribution >= 4 is 21.5 Å². The van der Waals surface area contributed by atoms with E-state index in [1.165, 1.54) is 11.9 Å². The SMILES string of the molecule is C=CC(=O)N(C)CC(=O)N=S1(=O)CCc2ccccc21. The Balaban J connectivity index is 2.24. The lowest BCUT2D eigenvalue weighted by Gasteiger charge is -2.12. The largest absolute Gasteiger partial charge is 0.333 e. The Hall–Kier alpha value is -1.95. The van der Waals surface area contributed by atoms with Gasteiger partial charge in [0.2, 0.25) is 5.91 Å². The van der Waals surface area contributed by atoms with E-state index in [0.29, 0.717) is 17.1 Å². The van der Waals surface area contributed by atoms with E-state index in [-0.39, 0.29) is 12.5 Å². The van der Waals surface area contributed by atoms with E-state index in [9.17, 15) is 13.8 Å². The number of aryl methyl sites for hydroxylation is 1. The summed E-state index contributed by atoms with van der Waals surface area (Å²) in [5.41, 5.74) is 0.976. The van der Waals surface area contributed by atoms with Crippen LogP contribution in [0.15, 0.2) is 46.2 Å². The average molecular weight is 292 g/mol. The molecule has 1 aromatic rings. The van der Waals surface area contributed by atoms with Crippen molar-refractivity contribution in [2.45, 2.75) is 11.3 Å². The third-order valence-corrected chi connectivity index (χ3v) is 5.48. The second-order valence-corrected chi connectivity index (χ2v) is 6.90. The van der Waals surface area contributed by atoms with Crippen molar-refractivity contribution in [2.75, 3.05) is 19.3 Å². The highest BCUT2D eigenvalue weighted by molar-refractivity contribution is 7.94. The molecule has 2 rings (SSSR count). The molecule has 0 spiro atoms. The zero-order valence-corrected chi connectivity index (χ0v) is 12.1. The molecule has 1 aromatic carbocycles. The van der Waals surface area contributed by atoms with Crippen LogP contribution in [0.25, 0.3) is 0 Å². The second-order valence-electron chi connectivity index (χ2n) is 4.59. The third kappa shape index (κ3) is 2.80. The maximum absolute atomic E-state index is 12.7. The minimum absolute atomic E-state index is 0.190. The lowest BCUT2D eigenvalue weighted by molar-refractivity contribution is -0.129. The highest BCUT2D eigenvalue weighted by atomic mass is 32.2. The van der Waals surface area contributed by atoms with Crippen molar-refractivity contribution in [1.82, 2.24) is 4.90 Å². The number of carbonyl (C=O) groups excluding carboxylic acids is 2. The summed E-state index contributed by atoms with van der Waals surface area (Å²) in [6.07, 6.45) is 1.78. The highest BCUT2D eigenvalue weighted by Crippen LogP contribution is 2.27. The lowest BCUT2D eigenvalue weighted by atomic mass is 10.2. The first-order valence-corrected chi connectivity index (χ1v) is 7.88. The zero-order valence-electron chi connectivity index (χ0n) is 11.2. The van der Waals surface area contributed by atoms with Crippen LogP contribution in [0.3, 0.4) is 0 Å². The van der Waals surface area contributed by atoms with Crippen molar-refractivity contribution in [3.05, 3.63) is 42.5 Å². The summed E-state index contributed by atoms with van der Waals surface area (Å²) in [7, 11) is -1.20. The molecule has 106 valence electrons. The van der Waals surface area contributed by atoms with Gasteiger partial charge in [-0.1, -0.05) is 24.8 Å². The van der Waals surface area contributed by atoms with Gasteiger partial charge in [-0.2, -0.15) is 4.36 Å². The van der Waals surface area contributed by atoms with Gasteiger partial charge in [-0.15, -0.1) is 0 Å². The lowest BCUT2D eigenvalue weighted by Crippen LogP contribution is -2.30. The van der Waals surface area contributed by atoms with E-state index in [1.807, 2.05) is 12.1 Å². The fourth-order valence-corrected chi connectivity index (χ4v) is 4.27. The minimum atomic E-state index is -2.68. The molecule has 2 amide bonds. The number of likely N-dealkylation sites (N-methyl/N-ethyl adjacent to an activating group) is 1. The minimum Gasteiger partial charge on any atom is -0.333 e. The highest BCUT2D eigenvalue weighted by Gasteiger charge is 2.25. The molecule has 0 saturated carbocycles. The normalized spacial score (nSPS) is 20.1. The van der Waals surface area contributed by atoms with E-state index < -0.39 is 15.6 Å². The Morgan fingerprint density at radius 1 is 1.45 bits per heavy atom. The van der Waals surface area contributed by atoms with Gasteiger partial charge in [0, 0.05) is 12.8 Å². The van der Waals surface area contributed by atoms with Gasteiger partial charge in [0.1, 0.15) is 6.54 Å². The number of rotatable bonds is 3. The molecule has 5 nitrogen and oxygen atoms in total. The third-order valence-electron chi connectivity index (χ3n) is 3.14. The molecule has 0 aliphatic carbocycles. The molecule has 1 aliphatic rings. The van der Waals surface area contributed by atoms with Crippen molar-refractivity contribution in [3.8, 4) is 0 Å². The second kappa shape index (κ2) is 5.58. The number of nitrogens with zero attached hydrogens (tertiary/aromatic N) is 2. The molecule has 0 radical (unpaired) electrons. The van der Waals surface area contributed by atoms with E-state index in [1.54, 1.807) is 12.1 Å². The van der Waals surface area contributed by atoms with Crippen LogP contribution in [-0.4, -0.2) is 40.3 Å². The molecule has 20 heavy (non-hydrogen) atoms. The van der Waals surface area contributed by atoms with Crippen molar-refractivity contribution < 1.29 is 13.8 Å². The Kier molecular flexibility index (Phi) is 4.04. The van der Waals surface area contributed by atoms with Crippen LogP contribution in [0, 0.1) is 0 Å². The van der Waals surface area contributed by atoms with Gasteiger partial charge in [0.25, 0.3) is 5.91 Å². The monoisotopic (exact) mass is 292 g/mol. The molecule has 0 fully saturated rings. The summed E-state index contributed by atoms with van der Waals surface area (Å²) < 4.78 is 16.6. The molecular weight excluding hydrogens is 276 g/mol. The summed E-state index contributed by atoms with van der Waals surface area (Å²) >= 11 is 0. The van der Waals surface area contributed by atoms with Crippen LogP contribution in [-0.2, 0) is 25.7 Å². The first kappa shape index (κ1) is 14.5. The summed E-state index contributed by atoms with van der Waals surface area (Å²) in [5.74, 6) is -0.559. The quantitative estimate of drug-likeness (QED) is 0.787. The van der Waals surface area contributed by atoms with Crippen LogP contribution in [0.1, 0.15) is 5.56 Å². The molecule has 0 saturated heterocycles. The zero-order chi connectivity index (χ0) is 14.8. The maximum atomic E-state index is 12.7. The standard InChI is InChI=1S/C14H16N2O3S/c1-3-14(18)16(2)10-13(17)15-20(19)9-8-11-6-4-5-7-12(11)20/h3-7H,1,8-10H2,2H3. The predicted molar refractivity (Wildman–Crippen MR) is 76.7 cm³/mol. The first-order valence-electron chi connectivity index (χ1n) is 6.19. The summed E-state index contributed by atoms with van der Waals surface area (Å²) in [6, 6.07) is 7.31. The fraction of sp³-hybridized carbons (Fsp3) is 0.286. The van der Waals surface area contributed by atoms with Gasteiger partial charge in [-0.05, 0) is 24.1 Å². The smallest absolute Gasteiger partial charge is 0.273 e. The number of amides is 2. The Bertz CT molecular complexity index is 687. The van der Waals surface area contributed by atoms with Crippen LogP contribution in [0.4, 0.5) is 0 Å². The van der Waals surface area contributed by atoms with Crippen LogP contribution >= 0.6 is 0 Å². The van der Waals surface area contributed by atoms with Crippen LogP contribution in [0.5, 0.6) is 0 Å². The van der Waals surface area contributed by atoms with Gasteiger partial charge in [0.15, 0.2) is 0 Å². The maximum Gasteiger partial charge on any atom is 0.273 e. The summed E-state index contributed by atoms with van der Waals surface area (Å²) in [5, 5.41) is 0. The number of carbonyl (C=O) groups is 2. The van der Waals surface area contributed by atoms with E-state index in [2.05, 4.69) is 10.9 Å². The average Bonchev–Trinajstić information content (AvgIpc) is 2.75. The van der Waals surface area contributed by atoms with Crippen molar-refractivity contribution in [3.63, 3.8) is 0 Å². The van der Waals surface area contributed by atoms with Crippen LogP contribution < -0.4 is 0 Å². The van der Waals surface area contributed by atoms with E-state index >= 15 is 0 Å². The molecule has 1 aliphatic heterocycles. The van der Waals surface area contributed by atoms with Crippen molar-refractivity contribution in [2.24, 2.45) is 4.36 Å². The first-order chi connectivity index (χ1) is 9.46. The molecule has 1 heterocycles. The van der Waals surface area contributed by atoms with Gasteiger partial charge in [0.05, 0.1) is 14.6 Å².